The number of allylic oxidation sites excluding steroid dienone is 1. The molecule has 2 N–H and O–H groups in total. The molecule has 0 aliphatic carbocycles. The van der Waals surface area contributed by atoms with Gasteiger partial charge in [0.15, 0.2) is 0 Å². The Balaban J connectivity index is 3.75. The first-order chi connectivity index (χ1) is 7.50. The van der Waals surface area contributed by atoms with Gasteiger partial charge in [-0.25, -0.2) is 0 Å². The maximum Gasteiger partial charge on any atom is 0.239 e. The van der Waals surface area contributed by atoms with E-state index in [1.165, 1.54) is 0 Å². The van der Waals surface area contributed by atoms with Gasteiger partial charge in [0.25, 0.3) is 0 Å². The number of unbranched alkanes of at least 4 members (excludes halogenated alkanes) is 3. The van der Waals surface area contributed by atoms with E-state index in [-0.39, 0.29) is 17.9 Å². The predicted molar refractivity (Wildman–Crippen MR) is 69.1 cm³/mol. The molecular formula is C13H26N2O. The fourth-order valence-electron chi connectivity index (χ4n) is 1.46. The lowest BCUT2D eigenvalue weighted by Gasteiger charge is -2.23. The molecule has 1 amide bonds. The Kier molecular flexibility index (Phi) is 7.90. The Morgan fingerprint density at radius 2 is 2.00 bits per heavy atom. The quantitative estimate of drug-likeness (QED) is 0.509. The molecule has 94 valence electrons. The lowest BCUT2D eigenvalue weighted by Crippen LogP contribution is -2.45. The number of carbonyl (C=O) groups is 1. The van der Waals surface area contributed by atoms with E-state index in [0.717, 1.165) is 32.2 Å². The number of likely N-dealkylation sites (N-methyl/N-ethyl adjacent to an activating group) is 1. The monoisotopic (exact) mass is 226 g/mol. The Labute approximate surface area is 99.7 Å². The summed E-state index contributed by atoms with van der Waals surface area (Å²) in [5, 5.41) is 0. The highest BCUT2D eigenvalue weighted by Gasteiger charge is 2.20. The number of rotatable bonds is 8. The number of nitrogens with zero attached hydrogens (tertiary/aromatic N) is 1. The van der Waals surface area contributed by atoms with Crippen molar-refractivity contribution < 1.29 is 4.79 Å². The van der Waals surface area contributed by atoms with Gasteiger partial charge in [0.2, 0.25) is 5.91 Å². The van der Waals surface area contributed by atoms with Gasteiger partial charge in [-0.15, -0.1) is 6.58 Å². The molecule has 0 spiro atoms. The zero-order chi connectivity index (χ0) is 12.6. The SMILES string of the molecule is C=CCCCCCN(C)C(=O)[C@@H](N)C(C)C. The fraction of sp³-hybridized carbons (Fsp3) is 0.769. The molecule has 0 saturated carbocycles. The first-order valence-corrected chi connectivity index (χ1v) is 6.12. The summed E-state index contributed by atoms with van der Waals surface area (Å²) in [6.45, 7) is 8.43. The van der Waals surface area contributed by atoms with Gasteiger partial charge in [-0.1, -0.05) is 26.3 Å². The third-order valence-corrected chi connectivity index (χ3v) is 2.78. The molecule has 16 heavy (non-hydrogen) atoms. The van der Waals surface area contributed by atoms with Crippen molar-refractivity contribution in [3.63, 3.8) is 0 Å². The van der Waals surface area contributed by atoms with Crippen molar-refractivity contribution in [2.45, 2.75) is 45.6 Å². The normalized spacial score (nSPS) is 12.6. The van der Waals surface area contributed by atoms with Crippen LogP contribution in [0.5, 0.6) is 0 Å². The van der Waals surface area contributed by atoms with Crippen molar-refractivity contribution in [1.29, 1.82) is 0 Å². The Bertz CT molecular complexity index is 214. The summed E-state index contributed by atoms with van der Waals surface area (Å²) in [4.78, 5) is 13.5. The molecule has 0 radical (unpaired) electrons. The van der Waals surface area contributed by atoms with Crippen LogP contribution in [-0.4, -0.2) is 30.4 Å². The van der Waals surface area contributed by atoms with E-state index in [4.69, 9.17) is 5.73 Å². The second-order valence-electron chi connectivity index (χ2n) is 4.67. The van der Waals surface area contributed by atoms with Gasteiger partial charge < -0.3 is 10.6 Å². The van der Waals surface area contributed by atoms with Gasteiger partial charge in [0.05, 0.1) is 6.04 Å². The molecule has 0 aliphatic rings. The van der Waals surface area contributed by atoms with Crippen molar-refractivity contribution in [2.24, 2.45) is 11.7 Å². The summed E-state index contributed by atoms with van der Waals surface area (Å²) in [5.41, 5.74) is 5.81. The zero-order valence-electron chi connectivity index (χ0n) is 10.9. The van der Waals surface area contributed by atoms with E-state index in [1.807, 2.05) is 27.0 Å². The number of hydrogen-bond acceptors (Lipinski definition) is 2. The summed E-state index contributed by atoms with van der Waals surface area (Å²) >= 11 is 0. The van der Waals surface area contributed by atoms with Gasteiger partial charge in [0.1, 0.15) is 0 Å². The van der Waals surface area contributed by atoms with E-state index >= 15 is 0 Å². The molecule has 3 nitrogen and oxygen atoms in total. The Hall–Kier alpha value is -0.830. The van der Waals surface area contributed by atoms with E-state index in [0.29, 0.717) is 0 Å². The number of hydrogen-bond donors (Lipinski definition) is 1. The van der Waals surface area contributed by atoms with Crippen LogP contribution in [0.1, 0.15) is 39.5 Å². The highest BCUT2D eigenvalue weighted by atomic mass is 16.2. The maximum absolute atomic E-state index is 11.8. The third-order valence-electron chi connectivity index (χ3n) is 2.78. The van der Waals surface area contributed by atoms with Crippen LogP contribution >= 0.6 is 0 Å². The maximum atomic E-state index is 11.8. The van der Waals surface area contributed by atoms with Crippen molar-refractivity contribution in [1.82, 2.24) is 4.90 Å². The van der Waals surface area contributed by atoms with Crippen LogP contribution in [0.15, 0.2) is 12.7 Å². The van der Waals surface area contributed by atoms with Gasteiger partial charge in [0, 0.05) is 13.6 Å². The van der Waals surface area contributed by atoms with Crippen LogP contribution in [0.4, 0.5) is 0 Å². The predicted octanol–water partition coefficient (Wildman–Crippen LogP) is 2.17. The van der Waals surface area contributed by atoms with Crippen LogP contribution in [0.3, 0.4) is 0 Å². The minimum atomic E-state index is -0.363. The lowest BCUT2D eigenvalue weighted by molar-refractivity contribution is -0.132. The highest BCUT2D eigenvalue weighted by Crippen LogP contribution is 2.05. The molecule has 0 heterocycles. The Morgan fingerprint density at radius 3 is 2.50 bits per heavy atom. The van der Waals surface area contributed by atoms with E-state index < -0.39 is 0 Å². The average molecular weight is 226 g/mol. The molecule has 3 heteroatoms. The first-order valence-electron chi connectivity index (χ1n) is 6.12. The van der Waals surface area contributed by atoms with Gasteiger partial charge >= 0.3 is 0 Å². The van der Waals surface area contributed by atoms with Crippen LogP contribution in [0, 0.1) is 5.92 Å². The second kappa shape index (κ2) is 8.34. The molecule has 0 aromatic carbocycles. The first kappa shape index (κ1) is 15.2. The molecule has 0 aromatic heterocycles. The molecule has 0 aliphatic heterocycles. The van der Waals surface area contributed by atoms with Crippen molar-refractivity contribution in [3.8, 4) is 0 Å². The number of amides is 1. The van der Waals surface area contributed by atoms with Crippen LogP contribution in [-0.2, 0) is 4.79 Å². The van der Waals surface area contributed by atoms with Gasteiger partial charge in [-0.05, 0) is 25.2 Å². The summed E-state index contributed by atoms with van der Waals surface area (Å²) in [6, 6.07) is -0.363. The topological polar surface area (TPSA) is 46.3 Å². The van der Waals surface area contributed by atoms with Crippen LogP contribution in [0.2, 0.25) is 0 Å². The van der Waals surface area contributed by atoms with Gasteiger partial charge in [-0.3, -0.25) is 4.79 Å². The van der Waals surface area contributed by atoms with Crippen molar-refractivity contribution in [2.75, 3.05) is 13.6 Å². The molecule has 0 bridgehead atoms. The van der Waals surface area contributed by atoms with E-state index in [9.17, 15) is 4.79 Å². The standard InChI is InChI=1S/C13H26N2O/c1-5-6-7-8-9-10-15(4)13(16)12(14)11(2)3/h5,11-12H,1,6-10,14H2,2-4H3/t12-/m0/s1. The lowest BCUT2D eigenvalue weighted by atomic mass is 10.0. The molecule has 0 rings (SSSR count). The third kappa shape index (κ3) is 5.91. The second-order valence-corrected chi connectivity index (χ2v) is 4.67. The fourth-order valence-corrected chi connectivity index (χ4v) is 1.46. The minimum absolute atomic E-state index is 0.0544. The molecule has 0 fully saturated rings. The molecular weight excluding hydrogens is 200 g/mol. The van der Waals surface area contributed by atoms with Crippen molar-refractivity contribution in [3.05, 3.63) is 12.7 Å². The minimum Gasteiger partial charge on any atom is -0.344 e. The number of carbonyl (C=O) groups excluding carboxylic acids is 1. The summed E-state index contributed by atoms with van der Waals surface area (Å²) in [5.74, 6) is 0.259. The van der Waals surface area contributed by atoms with Crippen molar-refractivity contribution >= 4 is 5.91 Å². The molecule has 0 unspecified atom stereocenters. The highest BCUT2D eigenvalue weighted by molar-refractivity contribution is 5.81. The zero-order valence-corrected chi connectivity index (χ0v) is 10.9. The van der Waals surface area contributed by atoms with E-state index in [2.05, 4.69) is 6.58 Å². The van der Waals surface area contributed by atoms with Gasteiger partial charge in [-0.2, -0.15) is 0 Å². The molecule has 1 atom stereocenters. The molecule has 0 saturated heterocycles. The smallest absolute Gasteiger partial charge is 0.239 e. The molecule has 0 aromatic rings. The Morgan fingerprint density at radius 1 is 1.38 bits per heavy atom. The largest absolute Gasteiger partial charge is 0.344 e. The summed E-state index contributed by atoms with van der Waals surface area (Å²) in [6.07, 6.45) is 6.33. The number of nitrogens with two attached hydrogens (primary N) is 1. The van der Waals surface area contributed by atoms with Crippen LogP contribution < -0.4 is 5.73 Å². The van der Waals surface area contributed by atoms with Crippen LogP contribution in [0.25, 0.3) is 0 Å². The van der Waals surface area contributed by atoms with E-state index in [1.54, 1.807) is 4.90 Å². The average Bonchev–Trinajstić information content (AvgIpc) is 2.26. The summed E-state index contributed by atoms with van der Waals surface area (Å²) in [7, 11) is 1.83. The summed E-state index contributed by atoms with van der Waals surface area (Å²) < 4.78 is 0.